The standard InChI is InChI=1S/C18H13BrN4O/c19-13-7-5-12(6-8-13)17-10-9-14(24-17)11-20-23-18-21-15-3-1-2-4-16(15)22-18/h1-11H,(H2,21,22,23). The number of aromatic nitrogens is 2. The Labute approximate surface area is 146 Å². The molecule has 0 spiro atoms. The summed E-state index contributed by atoms with van der Waals surface area (Å²) >= 11 is 3.42. The lowest BCUT2D eigenvalue weighted by atomic mass is 10.2. The molecule has 6 heteroatoms. The number of para-hydroxylation sites is 2. The van der Waals surface area contributed by atoms with E-state index in [0.717, 1.165) is 26.8 Å². The Morgan fingerprint density at radius 2 is 1.88 bits per heavy atom. The molecule has 0 atom stereocenters. The number of hydrazone groups is 1. The van der Waals surface area contributed by atoms with Crippen molar-refractivity contribution in [1.82, 2.24) is 9.97 Å². The summed E-state index contributed by atoms with van der Waals surface area (Å²) in [6, 6.07) is 19.6. The van der Waals surface area contributed by atoms with Crippen molar-refractivity contribution < 1.29 is 4.42 Å². The van der Waals surface area contributed by atoms with E-state index >= 15 is 0 Å². The first kappa shape index (κ1) is 14.7. The molecule has 118 valence electrons. The van der Waals surface area contributed by atoms with Gasteiger partial charge >= 0.3 is 0 Å². The van der Waals surface area contributed by atoms with Crippen LogP contribution in [0.1, 0.15) is 5.76 Å². The van der Waals surface area contributed by atoms with Crippen LogP contribution in [0, 0.1) is 0 Å². The molecule has 0 saturated heterocycles. The summed E-state index contributed by atoms with van der Waals surface area (Å²) in [6.07, 6.45) is 1.62. The van der Waals surface area contributed by atoms with Crippen LogP contribution in [0.25, 0.3) is 22.4 Å². The molecule has 0 aliphatic heterocycles. The summed E-state index contributed by atoms with van der Waals surface area (Å²) in [5, 5.41) is 4.16. The number of halogens is 1. The van der Waals surface area contributed by atoms with Crippen molar-refractivity contribution in [2.45, 2.75) is 0 Å². The molecule has 2 heterocycles. The van der Waals surface area contributed by atoms with Gasteiger partial charge in [-0.25, -0.2) is 10.4 Å². The minimum Gasteiger partial charge on any atom is -0.455 e. The number of fused-ring (bicyclic) bond motifs is 1. The third-order valence-electron chi connectivity index (χ3n) is 3.51. The fraction of sp³-hybridized carbons (Fsp3) is 0. The maximum Gasteiger partial charge on any atom is 0.222 e. The highest BCUT2D eigenvalue weighted by atomic mass is 79.9. The number of furan rings is 1. The SMILES string of the molecule is Brc1ccc(-c2ccc(C=NNc3nc4ccccc4[nH]3)o2)cc1. The van der Waals surface area contributed by atoms with Gasteiger partial charge in [-0.05, 0) is 36.4 Å². The van der Waals surface area contributed by atoms with Gasteiger partial charge in [0.15, 0.2) is 0 Å². The van der Waals surface area contributed by atoms with Crippen molar-refractivity contribution in [2.24, 2.45) is 5.10 Å². The fourth-order valence-electron chi connectivity index (χ4n) is 2.35. The average Bonchev–Trinajstić information content (AvgIpc) is 3.22. The van der Waals surface area contributed by atoms with Gasteiger partial charge in [0, 0.05) is 10.0 Å². The van der Waals surface area contributed by atoms with Gasteiger partial charge in [-0.2, -0.15) is 5.10 Å². The van der Waals surface area contributed by atoms with Gasteiger partial charge in [0.05, 0.1) is 17.2 Å². The van der Waals surface area contributed by atoms with Crippen LogP contribution >= 0.6 is 15.9 Å². The molecule has 0 saturated carbocycles. The third-order valence-corrected chi connectivity index (χ3v) is 4.04. The summed E-state index contributed by atoms with van der Waals surface area (Å²) < 4.78 is 6.81. The van der Waals surface area contributed by atoms with Gasteiger partial charge < -0.3 is 9.40 Å². The summed E-state index contributed by atoms with van der Waals surface area (Å²) in [7, 11) is 0. The summed E-state index contributed by atoms with van der Waals surface area (Å²) in [4.78, 5) is 7.54. The van der Waals surface area contributed by atoms with Gasteiger partial charge in [-0.15, -0.1) is 0 Å². The largest absolute Gasteiger partial charge is 0.455 e. The molecule has 0 bridgehead atoms. The molecule has 4 rings (SSSR count). The maximum absolute atomic E-state index is 5.77. The molecule has 0 unspecified atom stereocenters. The third kappa shape index (κ3) is 3.09. The van der Waals surface area contributed by atoms with E-state index in [9.17, 15) is 0 Å². The Hall–Kier alpha value is -2.86. The molecular weight excluding hydrogens is 368 g/mol. The van der Waals surface area contributed by atoms with Gasteiger partial charge in [0.2, 0.25) is 5.95 Å². The molecule has 5 nitrogen and oxygen atoms in total. The monoisotopic (exact) mass is 380 g/mol. The second-order valence-electron chi connectivity index (χ2n) is 5.18. The molecule has 0 aliphatic rings. The number of hydrogen-bond donors (Lipinski definition) is 2. The molecule has 0 aliphatic carbocycles. The number of nitrogens with one attached hydrogen (secondary N) is 2. The summed E-state index contributed by atoms with van der Waals surface area (Å²) in [5.74, 6) is 2.05. The van der Waals surface area contributed by atoms with Gasteiger partial charge in [0.1, 0.15) is 11.5 Å². The summed E-state index contributed by atoms with van der Waals surface area (Å²) in [5.41, 5.74) is 5.75. The van der Waals surface area contributed by atoms with Crippen molar-refractivity contribution >= 4 is 39.1 Å². The minimum absolute atomic E-state index is 0.590. The molecule has 4 aromatic rings. The fourth-order valence-corrected chi connectivity index (χ4v) is 2.62. The zero-order valence-electron chi connectivity index (χ0n) is 12.5. The van der Waals surface area contributed by atoms with E-state index in [1.807, 2.05) is 60.7 Å². The number of anilines is 1. The zero-order chi connectivity index (χ0) is 16.4. The van der Waals surface area contributed by atoms with Crippen LogP contribution in [-0.2, 0) is 0 Å². The van der Waals surface area contributed by atoms with E-state index in [1.165, 1.54) is 0 Å². The predicted molar refractivity (Wildman–Crippen MR) is 99.2 cm³/mol. The predicted octanol–water partition coefficient (Wildman–Crippen LogP) is 5.03. The summed E-state index contributed by atoms with van der Waals surface area (Å²) in [6.45, 7) is 0. The quantitative estimate of drug-likeness (QED) is 0.385. The van der Waals surface area contributed by atoms with Gasteiger partial charge in [0.25, 0.3) is 0 Å². The first-order valence-electron chi connectivity index (χ1n) is 7.37. The van der Waals surface area contributed by atoms with E-state index < -0.39 is 0 Å². The molecule has 0 radical (unpaired) electrons. The lowest BCUT2D eigenvalue weighted by Crippen LogP contribution is -1.91. The number of imidazole rings is 1. The number of nitrogens with zero attached hydrogens (tertiary/aromatic N) is 2. The van der Waals surface area contributed by atoms with E-state index in [-0.39, 0.29) is 0 Å². The molecule has 0 amide bonds. The Bertz CT molecular complexity index is 968. The van der Waals surface area contributed by atoms with Gasteiger partial charge in [-0.1, -0.05) is 40.2 Å². The van der Waals surface area contributed by atoms with E-state index in [2.05, 4.69) is 36.4 Å². The highest BCUT2D eigenvalue weighted by molar-refractivity contribution is 9.10. The Balaban J connectivity index is 1.47. The molecule has 2 aromatic carbocycles. The average molecular weight is 381 g/mol. The number of benzene rings is 2. The van der Waals surface area contributed by atoms with E-state index in [4.69, 9.17) is 4.42 Å². The Morgan fingerprint density at radius 3 is 2.71 bits per heavy atom. The molecule has 2 aromatic heterocycles. The second-order valence-corrected chi connectivity index (χ2v) is 6.10. The van der Waals surface area contributed by atoms with Crippen LogP contribution in [-0.4, -0.2) is 16.2 Å². The van der Waals surface area contributed by atoms with Crippen molar-refractivity contribution in [2.75, 3.05) is 5.43 Å². The van der Waals surface area contributed by atoms with Crippen LogP contribution in [0.15, 0.2) is 74.7 Å². The second kappa shape index (κ2) is 6.33. The lowest BCUT2D eigenvalue weighted by Gasteiger charge is -1.96. The van der Waals surface area contributed by atoms with Crippen molar-refractivity contribution in [3.05, 3.63) is 70.9 Å². The van der Waals surface area contributed by atoms with E-state index in [0.29, 0.717) is 11.7 Å². The molecule has 0 fully saturated rings. The van der Waals surface area contributed by atoms with Gasteiger partial charge in [-0.3, -0.25) is 0 Å². The normalized spacial score (nSPS) is 11.4. The first-order valence-corrected chi connectivity index (χ1v) is 8.17. The van der Waals surface area contributed by atoms with Crippen LogP contribution in [0.5, 0.6) is 0 Å². The maximum atomic E-state index is 5.77. The smallest absolute Gasteiger partial charge is 0.222 e. The minimum atomic E-state index is 0.590. The van der Waals surface area contributed by atoms with E-state index in [1.54, 1.807) is 6.21 Å². The number of hydrogen-bond acceptors (Lipinski definition) is 4. The van der Waals surface area contributed by atoms with Crippen LogP contribution in [0.3, 0.4) is 0 Å². The Kier molecular flexibility index (Phi) is 3.88. The number of H-pyrrole nitrogens is 1. The molecule has 2 N–H and O–H groups in total. The topological polar surface area (TPSA) is 66.2 Å². The highest BCUT2D eigenvalue weighted by Gasteiger charge is 2.03. The molecular formula is C18H13BrN4O. The number of aromatic amines is 1. The van der Waals surface area contributed by atoms with Crippen molar-refractivity contribution in [1.29, 1.82) is 0 Å². The van der Waals surface area contributed by atoms with Crippen molar-refractivity contribution in [3.8, 4) is 11.3 Å². The number of rotatable bonds is 4. The van der Waals surface area contributed by atoms with Crippen LogP contribution < -0.4 is 5.43 Å². The van der Waals surface area contributed by atoms with Crippen molar-refractivity contribution in [3.63, 3.8) is 0 Å². The Morgan fingerprint density at radius 1 is 1.04 bits per heavy atom. The zero-order valence-corrected chi connectivity index (χ0v) is 14.1. The highest BCUT2D eigenvalue weighted by Crippen LogP contribution is 2.23. The lowest BCUT2D eigenvalue weighted by molar-refractivity contribution is 0.575. The van der Waals surface area contributed by atoms with Crippen LogP contribution in [0.2, 0.25) is 0 Å². The molecule has 24 heavy (non-hydrogen) atoms. The first-order chi connectivity index (χ1) is 11.8. The van der Waals surface area contributed by atoms with Crippen LogP contribution in [0.4, 0.5) is 5.95 Å².